The van der Waals surface area contributed by atoms with Crippen molar-refractivity contribution >= 4 is 11.6 Å². The number of piperidine rings is 1. The molecular formula is C22H24N4O2. The fourth-order valence-electron chi connectivity index (χ4n) is 3.52. The van der Waals surface area contributed by atoms with Gasteiger partial charge in [0.2, 0.25) is 11.7 Å². The van der Waals surface area contributed by atoms with Crippen molar-refractivity contribution in [1.29, 1.82) is 0 Å². The average molecular weight is 376 g/mol. The summed E-state index contributed by atoms with van der Waals surface area (Å²) in [6, 6.07) is 17.6. The van der Waals surface area contributed by atoms with Gasteiger partial charge in [0, 0.05) is 49.9 Å². The second kappa shape index (κ2) is 7.84. The van der Waals surface area contributed by atoms with E-state index in [1.165, 1.54) is 0 Å². The normalized spacial score (nSPS) is 14.9. The van der Waals surface area contributed by atoms with Crippen molar-refractivity contribution in [2.24, 2.45) is 0 Å². The average Bonchev–Trinajstić information content (AvgIpc) is 3.24. The summed E-state index contributed by atoms with van der Waals surface area (Å²) in [5.41, 5.74) is 2.76. The number of carbonyl (C=O) groups is 1. The highest BCUT2D eigenvalue weighted by molar-refractivity contribution is 5.94. The van der Waals surface area contributed by atoms with Gasteiger partial charge in [-0.2, -0.15) is 4.98 Å². The van der Waals surface area contributed by atoms with Crippen LogP contribution in [-0.4, -0.2) is 48.1 Å². The summed E-state index contributed by atoms with van der Waals surface area (Å²) < 4.78 is 5.51. The summed E-state index contributed by atoms with van der Waals surface area (Å²) in [5.74, 6) is 1.57. The number of likely N-dealkylation sites (tertiary alicyclic amines) is 1. The van der Waals surface area contributed by atoms with Gasteiger partial charge < -0.3 is 14.3 Å². The molecule has 6 nitrogen and oxygen atoms in total. The van der Waals surface area contributed by atoms with Gasteiger partial charge >= 0.3 is 0 Å². The van der Waals surface area contributed by atoms with Gasteiger partial charge in [-0.15, -0.1) is 0 Å². The minimum absolute atomic E-state index is 0.0826. The zero-order valence-corrected chi connectivity index (χ0v) is 16.2. The summed E-state index contributed by atoms with van der Waals surface area (Å²) >= 11 is 0. The van der Waals surface area contributed by atoms with Crippen LogP contribution in [0.15, 0.2) is 59.1 Å². The van der Waals surface area contributed by atoms with Gasteiger partial charge in [-0.05, 0) is 37.1 Å². The topological polar surface area (TPSA) is 62.5 Å². The standard InChI is InChI=1S/C22H24N4O2/c1-25(2)19-10-8-18(9-11-19)22(27)26-14-12-17(13-15-26)21-23-20(24-28-21)16-6-4-3-5-7-16/h3-11,17H,12-15H2,1-2H3. The quantitative estimate of drug-likeness (QED) is 0.693. The molecule has 0 aliphatic carbocycles. The molecule has 2 aromatic carbocycles. The lowest BCUT2D eigenvalue weighted by atomic mass is 9.96. The lowest BCUT2D eigenvalue weighted by molar-refractivity contribution is 0.0704. The van der Waals surface area contributed by atoms with Crippen molar-refractivity contribution < 1.29 is 9.32 Å². The Morgan fingerprint density at radius 2 is 1.71 bits per heavy atom. The highest BCUT2D eigenvalue weighted by Gasteiger charge is 2.28. The van der Waals surface area contributed by atoms with E-state index in [4.69, 9.17) is 4.52 Å². The minimum atomic E-state index is 0.0826. The Hall–Kier alpha value is -3.15. The summed E-state index contributed by atoms with van der Waals surface area (Å²) in [4.78, 5) is 21.3. The number of rotatable bonds is 4. The number of nitrogens with zero attached hydrogens (tertiary/aromatic N) is 4. The lowest BCUT2D eigenvalue weighted by Gasteiger charge is -2.30. The van der Waals surface area contributed by atoms with Crippen molar-refractivity contribution in [2.75, 3.05) is 32.1 Å². The van der Waals surface area contributed by atoms with Gasteiger partial charge in [0.25, 0.3) is 5.91 Å². The van der Waals surface area contributed by atoms with Gasteiger partial charge in [0.05, 0.1) is 0 Å². The summed E-state index contributed by atoms with van der Waals surface area (Å²) in [7, 11) is 3.98. The first-order chi connectivity index (χ1) is 13.6. The van der Waals surface area contributed by atoms with E-state index < -0.39 is 0 Å². The first-order valence-corrected chi connectivity index (χ1v) is 9.57. The highest BCUT2D eigenvalue weighted by Crippen LogP contribution is 2.29. The summed E-state index contributed by atoms with van der Waals surface area (Å²) in [5, 5.41) is 4.12. The number of hydrogen-bond acceptors (Lipinski definition) is 5. The smallest absolute Gasteiger partial charge is 0.253 e. The van der Waals surface area contributed by atoms with Crippen LogP contribution in [0.1, 0.15) is 35.0 Å². The molecule has 1 aliphatic heterocycles. The second-order valence-electron chi connectivity index (χ2n) is 7.33. The molecule has 28 heavy (non-hydrogen) atoms. The van der Waals surface area contributed by atoms with Gasteiger partial charge in [0.15, 0.2) is 0 Å². The largest absolute Gasteiger partial charge is 0.378 e. The zero-order valence-electron chi connectivity index (χ0n) is 16.2. The predicted octanol–water partition coefficient (Wildman–Crippen LogP) is 3.82. The molecule has 0 unspecified atom stereocenters. The van der Waals surface area contributed by atoms with Crippen LogP contribution < -0.4 is 4.90 Å². The maximum Gasteiger partial charge on any atom is 0.253 e. The van der Waals surface area contributed by atoms with Crippen molar-refractivity contribution in [3.05, 3.63) is 66.1 Å². The molecule has 6 heteroatoms. The maximum absolute atomic E-state index is 12.8. The number of amides is 1. The molecule has 1 aromatic heterocycles. The van der Waals surface area contributed by atoms with Crippen LogP contribution in [0.25, 0.3) is 11.4 Å². The molecule has 4 rings (SSSR count). The molecule has 1 fully saturated rings. The number of anilines is 1. The molecule has 0 bridgehead atoms. The second-order valence-corrected chi connectivity index (χ2v) is 7.33. The lowest BCUT2D eigenvalue weighted by Crippen LogP contribution is -2.38. The van der Waals surface area contributed by atoms with E-state index in [1.54, 1.807) is 0 Å². The van der Waals surface area contributed by atoms with E-state index in [9.17, 15) is 4.79 Å². The van der Waals surface area contributed by atoms with E-state index in [0.717, 1.165) is 29.7 Å². The van der Waals surface area contributed by atoms with Crippen LogP contribution in [0.5, 0.6) is 0 Å². The van der Waals surface area contributed by atoms with Crippen LogP contribution in [0, 0.1) is 0 Å². The van der Waals surface area contributed by atoms with Crippen LogP contribution in [0.2, 0.25) is 0 Å². The molecule has 1 aliphatic rings. The molecule has 0 radical (unpaired) electrons. The fraction of sp³-hybridized carbons (Fsp3) is 0.318. The van der Waals surface area contributed by atoms with Crippen LogP contribution in [-0.2, 0) is 0 Å². The third-order valence-electron chi connectivity index (χ3n) is 5.24. The number of aromatic nitrogens is 2. The first kappa shape index (κ1) is 18.2. The van der Waals surface area contributed by atoms with Crippen molar-refractivity contribution in [3.63, 3.8) is 0 Å². The Morgan fingerprint density at radius 1 is 1.04 bits per heavy atom. The zero-order chi connectivity index (χ0) is 19.5. The van der Waals surface area contributed by atoms with Crippen LogP contribution >= 0.6 is 0 Å². The van der Waals surface area contributed by atoms with E-state index in [-0.39, 0.29) is 11.8 Å². The maximum atomic E-state index is 12.8. The highest BCUT2D eigenvalue weighted by atomic mass is 16.5. The van der Waals surface area contributed by atoms with Crippen molar-refractivity contribution in [3.8, 4) is 11.4 Å². The third-order valence-corrected chi connectivity index (χ3v) is 5.24. The molecule has 0 saturated carbocycles. The molecule has 144 valence electrons. The van der Waals surface area contributed by atoms with Gasteiger partial charge in [-0.3, -0.25) is 4.79 Å². The first-order valence-electron chi connectivity index (χ1n) is 9.57. The monoisotopic (exact) mass is 376 g/mol. The number of benzene rings is 2. The number of carbonyl (C=O) groups excluding carboxylic acids is 1. The number of hydrogen-bond donors (Lipinski definition) is 0. The SMILES string of the molecule is CN(C)c1ccc(C(=O)N2CCC(c3nc(-c4ccccc4)no3)CC2)cc1. The molecular weight excluding hydrogens is 352 g/mol. The molecule has 1 amide bonds. The minimum Gasteiger partial charge on any atom is -0.378 e. The fourth-order valence-corrected chi connectivity index (χ4v) is 3.52. The van der Waals surface area contributed by atoms with E-state index in [0.29, 0.717) is 24.8 Å². The Morgan fingerprint density at radius 3 is 2.36 bits per heavy atom. The van der Waals surface area contributed by atoms with Crippen molar-refractivity contribution in [1.82, 2.24) is 15.0 Å². The Bertz CT molecular complexity index is 927. The Labute approximate surface area is 164 Å². The summed E-state index contributed by atoms with van der Waals surface area (Å²) in [6.45, 7) is 1.39. The molecule has 1 saturated heterocycles. The predicted molar refractivity (Wildman–Crippen MR) is 108 cm³/mol. The van der Waals surface area contributed by atoms with Crippen LogP contribution in [0.3, 0.4) is 0 Å². The Balaban J connectivity index is 1.38. The van der Waals surface area contributed by atoms with E-state index in [2.05, 4.69) is 10.1 Å². The van der Waals surface area contributed by atoms with Gasteiger partial charge in [0.1, 0.15) is 0 Å². The third kappa shape index (κ3) is 3.76. The van der Waals surface area contributed by atoms with Gasteiger partial charge in [-0.1, -0.05) is 35.5 Å². The van der Waals surface area contributed by atoms with Crippen molar-refractivity contribution in [2.45, 2.75) is 18.8 Å². The van der Waals surface area contributed by atoms with Crippen LogP contribution in [0.4, 0.5) is 5.69 Å². The summed E-state index contributed by atoms with van der Waals surface area (Å²) in [6.07, 6.45) is 1.66. The van der Waals surface area contributed by atoms with E-state index >= 15 is 0 Å². The Kier molecular flexibility index (Phi) is 5.10. The van der Waals surface area contributed by atoms with Gasteiger partial charge in [-0.25, -0.2) is 0 Å². The molecule has 2 heterocycles. The molecule has 3 aromatic rings. The van der Waals surface area contributed by atoms with E-state index in [1.807, 2.05) is 78.5 Å². The molecule has 0 spiro atoms. The molecule has 0 atom stereocenters. The molecule has 0 N–H and O–H groups in total.